The van der Waals surface area contributed by atoms with Crippen LogP contribution in [-0.2, 0) is 12.6 Å². The number of nitrogens with zero attached hydrogens (tertiary/aromatic N) is 3. The summed E-state index contributed by atoms with van der Waals surface area (Å²) in [7, 11) is 0. The summed E-state index contributed by atoms with van der Waals surface area (Å²) in [5, 5.41) is 2.88. The molecule has 0 bridgehead atoms. The summed E-state index contributed by atoms with van der Waals surface area (Å²) in [4.78, 5) is 11.6. The third kappa shape index (κ3) is 4.56. The van der Waals surface area contributed by atoms with Crippen molar-refractivity contribution in [3.05, 3.63) is 58.8 Å². The van der Waals surface area contributed by atoms with Gasteiger partial charge >= 0.3 is 6.18 Å². The van der Waals surface area contributed by atoms with Crippen molar-refractivity contribution in [2.75, 3.05) is 11.9 Å². The third-order valence-electron chi connectivity index (χ3n) is 3.24. The summed E-state index contributed by atoms with van der Waals surface area (Å²) in [6.07, 6.45) is -1.13. The van der Waals surface area contributed by atoms with E-state index in [-0.39, 0.29) is 11.6 Å². The smallest absolute Gasteiger partial charge is 0.433 e. The van der Waals surface area contributed by atoms with Crippen molar-refractivity contribution in [3.8, 4) is 11.4 Å². The molecule has 0 aliphatic heterocycles. The summed E-state index contributed by atoms with van der Waals surface area (Å²) in [5.74, 6) is 0.759. The van der Waals surface area contributed by atoms with Crippen LogP contribution in [0, 0.1) is 0 Å². The van der Waals surface area contributed by atoms with Crippen LogP contribution in [0.25, 0.3) is 11.4 Å². The Morgan fingerprint density at radius 3 is 2.64 bits per heavy atom. The van der Waals surface area contributed by atoms with E-state index in [9.17, 15) is 13.2 Å². The van der Waals surface area contributed by atoms with E-state index in [0.717, 1.165) is 6.07 Å². The maximum Gasteiger partial charge on any atom is 0.433 e. The van der Waals surface area contributed by atoms with Gasteiger partial charge in [0.15, 0.2) is 16.2 Å². The van der Waals surface area contributed by atoms with Gasteiger partial charge in [0.25, 0.3) is 0 Å². The lowest BCUT2D eigenvalue weighted by molar-refractivity contribution is -0.141. The lowest BCUT2D eigenvalue weighted by Crippen LogP contribution is -2.13. The number of hydrogen-bond donors (Lipinski definition) is 1. The van der Waals surface area contributed by atoms with Crippen molar-refractivity contribution < 1.29 is 17.6 Å². The number of hydrogen-bond acceptors (Lipinski definition) is 5. The van der Waals surface area contributed by atoms with E-state index in [1.165, 1.54) is 12.4 Å². The maximum atomic E-state index is 13.1. The second-order valence-electron chi connectivity index (χ2n) is 5.08. The molecule has 3 aromatic heterocycles. The van der Waals surface area contributed by atoms with Crippen LogP contribution >= 0.6 is 15.9 Å². The predicted octanol–water partition coefficient (Wildman–Crippen LogP) is 4.57. The van der Waals surface area contributed by atoms with Crippen molar-refractivity contribution in [3.63, 3.8) is 0 Å². The molecular formula is C16H12BrF3N4O. The van der Waals surface area contributed by atoms with Crippen molar-refractivity contribution in [1.82, 2.24) is 15.0 Å². The van der Waals surface area contributed by atoms with Crippen LogP contribution in [-0.4, -0.2) is 21.5 Å². The number of halogens is 4. The second kappa shape index (κ2) is 7.22. The standard InChI is InChI=1S/C16H12BrF3N4O/c17-13-4-3-11(25-13)5-7-22-14-8-12(16(18,19)20)23-15(24-14)10-2-1-6-21-9-10/h1-4,6,8-9H,5,7H2,(H,22,23,24). The minimum Gasteiger partial charge on any atom is -0.454 e. The SMILES string of the molecule is FC(F)(F)c1cc(NCCc2ccc(Br)o2)nc(-c2cccnc2)n1. The fourth-order valence-electron chi connectivity index (χ4n) is 2.11. The maximum absolute atomic E-state index is 13.1. The summed E-state index contributed by atoms with van der Waals surface area (Å²) in [5.41, 5.74) is -0.601. The minimum atomic E-state index is -4.57. The van der Waals surface area contributed by atoms with Crippen LogP contribution < -0.4 is 5.32 Å². The molecule has 0 aliphatic rings. The minimum absolute atomic E-state index is 0.0360. The monoisotopic (exact) mass is 412 g/mol. The van der Waals surface area contributed by atoms with Gasteiger partial charge in [0, 0.05) is 37.0 Å². The van der Waals surface area contributed by atoms with Gasteiger partial charge in [-0.2, -0.15) is 13.2 Å². The number of anilines is 1. The molecule has 0 saturated carbocycles. The highest BCUT2D eigenvalue weighted by Crippen LogP contribution is 2.30. The van der Waals surface area contributed by atoms with Gasteiger partial charge in [-0.1, -0.05) is 0 Å². The number of aromatic nitrogens is 3. The lowest BCUT2D eigenvalue weighted by Gasteiger charge is -2.11. The molecule has 0 aliphatic carbocycles. The molecule has 25 heavy (non-hydrogen) atoms. The van der Waals surface area contributed by atoms with Gasteiger partial charge in [0.1, 0.15) is 11.6 Å². The topological polar surface area (TPSA) is 63.8 Å². The number of nitrogens with one attached hydrogen (secondary N) is 1. The van der Waals surface area contributed by atoms with E-state index < -0.39 is 11.9 Å². The van der Waals surface area contributed by atoms with E-state index in [2.05, 4.69) is 36.2 Å². The Labute approximate surface area is 149 Å². The predicted molar refractivity (Wildman–Crippen MR) is 88.9 cm³/mol. The first-order valence-corrected chi connectivity index (χ1v) is 8.06. The van der Waals surface area contributed by atoms with Gasteiger partial charge in [0.2, 0.25) is 0 Å². The molecule has 0 fully saturated rings. The van der Waals surface area contributed by atoms with Crippen molar-refractivity contribution in [1.29, 1.82) is 0 Å². The van der Waals surface area contributed by atoms with Gasteiger partial charge in [0.05, 0.1) is 0 Å². The molecule has 9 heteroatoms. The Morgan fingerprint density at radius 2 is 2.00 bits per heavy atom. The average Bonchev–Trinajstić information content (AvgIpc) is 3.00. The fourth-order valence-corrected chi connectivity index (χ4v) is 2.45. The van der Waals surface area contributed by atoms with Gasteiger partial charge in [-0.25, -0.2) is 9.97 Å². The van der Waals surface area contributed by atoms with Crippen LogP contribution in [0.15, 0.2) is 51.8 Å². The molecule has 5 nitrogen and oxygen atoms in total. The fraction of sp³-hybridized carbons (Fsp3) is 0.188. The lowest BCUT2D eigenvalue weighted by atomic mass is 10.2. The average molecular weight is 413 g/mol. The second-order valence-corrected chi connectivity index (χ2v) is 5.87. The van der Waals surface area contributed by atoms with Crippen LogP contribution in [0.1, 0.15) is 11.5 Å². The van der Waals surface area contributed by atoms with E-state index >= 15 is 0 Å². The van der Waals surface area contributed by atoms with Gasteiger partial charge in [-0.05, 0) is 40.2 Å². The quantitative estimate of drug-likeness (QED) is 0.664. The Bertz CT molecular complexity index is 852. The summed E-state index contributed by atoms with van der Waals surface area (Å²) in [6.45, 7) is 0.362. The zero-order valence-electron chi connectivity index (χ0n) is 12.7. The first-order valence-electron chi connectivity index (χ1n) is 7.26. The van der Waals surface area contributed by atoms with Crippen molar-refractivity contribution in [2.45, 2.75) is 12.6 Å². The zero-order valence-corrected chi connectivity index (χ0v) is 14.3. The first kappa shape index (κ1) is 17.4. The van der Waals surface area contributed by atoms with Gasteiger partial charge in [-0.15, -0.1) is 0 Å². The molecule has 3 rings (SSSR count). The largest absolute Gasteiger partial charge is 0.454 e. The van der Waals surface area contributed by atoms with E-state index in [0.29, 0.717) is 29.0 Å². The molecule has 0 aromatic carbocycles. The molecule has 0 spiro atoms. The highest BCUT2D eigenvalue weighted by molar-refractivity contribution is 9.10. The highest BCUT2D eigenvalue weighted by Gasteiger charge is 2.33. The number of pyridine rings is 1. The Balaban J connectivity index is 1.82. The summed E-state index contributed by atoms with van der Waals surface area (Å²) < 4.78 is 45.2. The van der Waals surface area contributed by atoms with E-state index in [1.54, 1.807) is 24.3 Å². The molecule has 3 heterocycles. The normalized spacial score (nSPS) is 11.5. The molecule has 0 radical (unpaired) electrons. The zero-order chi connectivity index (χ0) is 17.9. The van der Waals surface area contributed by atoms with Crippen molar-refractivity contribution in [2.24, 2.45) is 0 Å². The Hall–Kier alpha value is -2.42. The van der Waals surface area contributed by atoms with Crippen LogP contribution in [0.2, 0.25) is 0 Å². The molecule has 1 N–H and O–H groups in total. The number of rotatable bonds is 5. The van der Waals surface area contributed by atoms with E-state index in [1.807, 2.05) is 0 Å². The van der Waals surface area contributed by atoms with Crippen LogP contribution in [0.5, 0.6) is 0 Å². The molecule has 0 saturated heterocycles. The van der Waals surface area contributed by atoms with Crippen molar-refractivity contribution >= 4 is 21.7 Å². The Morgan fingerprint density at radius 1 is 1.16 bits per heavy atom. The van der Waals surface area contributed by atoms with E-state index in [4.69, 9.17) is 4.42 Å². The Kier molecular flexibility index (Phi) is 5.03. The van der Waals surface area contributed by atoms with Gasteiger partial charge < -0.3 is 9.73 Å². The highest BCUT2D eigenvalue weighted by atomic mass is 79.9. The molecule has 0 unspecified atom stereocenters. The summed E-state index contributed by atoms with van der Waals surface area (Å²) >= 11 is 3.20. The molecule has 0 atom stereocenters. The first-order chi connectivity index (χ1) is 11.9. The number of furan rings is 1. The third-order valence-corrected chi connectivity index (χ3v) is 3.67. The molecular weight excluding hydrogens is 401 g/mol. The molecule has 130 valence electrons. The van der Waals surface area contributed by atoms with Crippen LogP contribution in [0.4, 0.5) is 19.0 Å². The molecule has 0 amide bonds. The van der Waals surface area contributed by atoms with Gasteiger partial charge in [-0.3, -0.25) is 4.98 Å². The number of alkyl halides is 3. The summed E-state index contributed by atoms with van der Waals surface area (Å²) in [6, 6.07) is 7.64. The molecule has 3 aromatic rings. The van der Waals surface area contributed by atoms with Crippen LogP contribution in [0.3, 0.4) is 0 Å².